The van der Waals surface area contributed by atoms with E-state index in [0.29, 0.717) is 22.9 Å². The zero-order valence-electron chi connectivity index (χ0n) is 11.2. The predicted molar refractivity (Wildman–Crippen MR) is 80.9 cm³/mol. The van der Waals surface area contributed by atoms with Crippen LogP contribution in [0.25, 0.3) is 0 Å². The molecule has 2 N–H and O–H groups in total. The van der Waals surface area contributed by atoms with Gasteiger partial charge in [0.2, 0.25) is 0 Å². The molecule has 0 fully saturated rings. The highest BCUT2D eigenvalue weighted by molar-refractivity contribution is 7.93. The Morgan fingerprint density at radius 3 is 2.80 bits per heavy atom. The number of nitrogens with one attached hydrogen (secondary N) is 2. The van der Waals surface area contributed by atoms with Gasteiger partial charge in [0, 0.05) is 17.5 Å². The summed E-state index contributed by atoms with van der Waals surface area (Å²) in [5, 5.41) is 4.73. The van der Waals surface area contributed by atoms with Gasteiger partial charge in [0.15, 0.2) is 0 Å². The molecule has 0 radical (unpaired) electrons. The molecule has 20 heavy (non-hydrogen) atoms. The van der Waals surface area contributed by atoms with E-state index in [9.17, 15) is 8.42 Å². The fraction of sp³-hybridized carbons (Fsp3) is 0.231. The van der Waals surface area contributed by atoms with Crippen molar-refractivity contribution < 1.29 is 13.2 Å². The molecule has 7 heteroatoms. The molecule has 0 spiro atoms. The quantitative estimate of drug-likeness (QED) is 0.859. The van der Waals surface area contributed by atoms with Gasteiger partial charge in [0.25, 0.3) is 10.0 Å². The van der Waals surface area contributed by atoms with Gasteiger partial charge < -0.3 is 10.1 Å². The highest BCUT2D eigenvalue weighted by Crippen LogP contribution is 2.25. The highest BCUT2D eigenvalue weighted by Gasteiger charge is 2.19. The molecule has 1 aromatic heterocycles. The molecular formula is C13H16N2O3S2. The molecule has 0 aliphatic rings. The molecular weight excluding hydrogens is 296 g/mol. The van der Waals surface area contributed by atoms with Crippen molar-refractivity contribution >= 4 is 27.0 Å². The first-order valence-electron chi connectivity index (χ1n) is 5.94. The van der Waals surface area contributed by atoms with Crippen LogP contribution >= 0.6 is 11.3 Å². The summed E-state index contributed by atoms with van der Waals surface area (Å²) < 4.78 is 32.4. The molecule has 2 rings (SSSR count). The first kappa shape index (κ1) is 14.8. The molecule has 1 heterocycles. The largest absolute Gasteiger partial charge is 0.497 e. The maximum absolute atomic E-state index is 12.4. The molecule has 0 unspecified atom stereocenters. The Morgan fingerprint density at radius 1 is 1.30 bits per heavy atom. The van der Waals surface area contributed by atoms with Crippen molar-refractivity contribution in [1.29, 1.82) is 0 Å². The van der Waals surface area contributed by atoms with Crippen molar-refractivity contribution in [1.82, 2.24) is 5.32 Å². The molecule has 5 nitrogen and oxygen atoms in total. The van der Waals surface area contributed by atoms with E-state index in [-0.39, 0.29) is 0 Å². The predicted octanol–water partition coefficient (Wildman–Crippen LogP) is 2.28. The van der Waals surface area contributed by atoms with Gasteiger partial charge in [-0.1, -0.05) is 6.07 Å². The van der Waals surface area contributed by atoms with Crippen molar-refractivity contribution in [3.05, 3.63) is 40.6 Å². The lowest BCUT2D eigenvalue weighted by Crippen LogP contribution is -2.15. The molecule has 0 aliphatic carbocycles. The van der Waals surface area contributed by atoms with Gasteiger partial charge in [-0.25, -0.2) is 8.42 Å². The third-order valence-electron chi connectivity index (χ3n) is 2.65. The van der Waals surface area contributed by atoms with Crippen LogP contribution in [0.5, 0.6) is 5.75 Å². The van der Waals surface area contributed by atoms with E-state index in [1.165, 1.54) is 18.4 Å². The standard InChI is InChI=1S/C13H16N2O3S2/c1-14-9-12-13(6-7-19-12)20(16,17)15-10-4-3-5-11(8-10)18-2/h3-8,14-15H,9H2,1-2H3. The van der Waals surface area contributed by atoms with E-state index in [1.54, 1.807) is 42.8 Å². The summed E-state index contributed by atoms with van der Waals surface area (Å²) in [6.45, 7) is 0.520. The van der Waals surface area contributed by atoms with Crippen LogP contribution in [0.4, 0.5) is 5.69 Å². The van der Waals surface area contributed by atoms with Gasteiger partial charge in [-0.3, -0.25) is 4.72 Å². The average molecular weight is 312 g/mol. The van der Waals surface area contributed by atoms with Gasteiger partial charge in [0.1, 0.15) is 10.6 Å². The van der Waals surface area contributed by atoms with Crippen LogP contribution in [0.1, 0.15) is 4.88 Å². The van der Waals surface area contributed by atoms with Crippen molar-refractivity contribution in [3.63, 3.8) is 0 Å². The minimum Gasteiger partial charge on any atom is -0.497 e. The molecule has 0 atom stereocenters. The second-order valence-corrected chi connectivity index (χ2v) is 6.73. The summed E-state index contributed by atoms with van der Waals surface area (Å²) >= 11 is 1.41. The normalized spacial score (nSPS) is 11.3. The minimum atomic E-state index is -3.58. The zero-order valence-corrected chi connectivity index (χ0v) is 12.8. The topological polar surface area (TPSA) is 67.4 Å². The van der Waals surface area contributed by atoms with E-state index < -0.39 is 10.0 Å². The number of hydrogen-bond donors (Lipinski definition) is 2. The number of sulfonamides is 1. The Bertz CT molecular complexity index is 680. The van der Waals surface area contributed by atoms with Crippen molar-refractivity contribution in [2.45, 2.75) is 11.4 Å². The maximum Gasteiger partial charge on any atom is 0.263 e. The summed E-state index contributed by atoms with van der Waals surface area (Å²) in [6, 6.07) is 8.43. The van der Waals surface area contributed by atoms with Gasteiger partial charge >= 0.3 is 0 Å². The average Bonchev–Trinajstić information content (AvgIpc) is 2.88. The lowest BCUT2D eigenvalue weighted by Gasteiger charge is -2.09. The van der Waals surface area contributed by atoms with E-state index in [0.717, 1.165) is 4.88 Å². The highest BCUT2D eigenvalue weighted by atomic mass is 32.2. The Labute approximate surface area is 122 Å². The molecule has 2 aromatic rings. The van der Waals surface area contributed by atoms with Gasteiger partial charge in [-0.05, 0) is 30.6 Å². The number of benzene rings is 1. The van der Waals surface area contributed by atoms with Gasteiger partial charge in [0.05, 0.1) is 12.8 Å². The lowest BCUT2D eigenvalue weighted by molar-refractivity contribution is 0.415. The number of hydrogen-bond acceptors (Lipinski definition) is 5. The van der Waals surface area contributed by atoms with Crippen LogP contribution in [0.3, 0.4) is 0 Å². The lowest BCUT2D eigenvalue weighted by atomic mass is 10.3. The SMILES string of the molecule is CNCc1sccc1S(=O)(=O)Nc1cccc(OC)c1. The van der Waals surface area contributed by atoms with Crippen LogP contribution in [-0.4, -0.2) is 22.6 Å². The molecule has 0 saturated carbocycles. The monoisotopic (exact) mass is 312 g/mol. The summed E-state index contributed by atoms with van der Waals surface area (Å²) in [4.78, 5) is 1.09. The fourth-order valence-electron chi connectivity index (χ4n) is 1.75. The first-order chi connectivity index (χ1) is 9.56. The Morgan fingerprint density at radius 2 is 2.10 bits per heavy atom. The molecule has 108 valence electrons. The van der Waals surface area contributed by atoms with E-state index >= 15 is 0 Å². The molecule has 0 bridgehead atoms. The van der Waals surface area contributed by atoms with Crippen LogP contribution in [0.2, 0.25) is 0 Å². The first-order valence-corrected chi connectivity index (χ1v) is 8.31. The van der Waals surface area contributed by atoms with Crippen molar-refractivity contribution in [3.8, 4) is 5.75 Å². The van der Waals surface area contributed by atoms with Gasteiger partial charge in [-0.2, -0.15) is 0 Å². The fourth-order valence-corrected chi connectivity index (χ4v) is 4.26. The van der Waals surface area contributed by atoms with E-state index in [1.807, 2.05) is 0 Å². The van der Waals surface area contributed by atoms with Crippen LogP contribution < -0.4 is 14.8 Å². The second kappa shape index (κ2) is 6.25. The van der Waals surface area contributed by atoms with E-state index in [2.05, 4.69) is 10.0 Å². The third kappa shape index (κ3) is 3.30. The minimum absolute atomic E-state index is 0.305. The third-order valence-corrected chi connectivity index (χ3v) is 5.17. The van der Waals surface area contributed by atoms with E-state index in [4.69, 9.17) is 4.74 Å². The van der Waals surface area contributed by atoms with Crippen LogP contribution in [0, 0.1) is 0 Å². The molecule has 0 saturated heterocycles. The maximum atomic E-state index is 12.4. The Kier molecular flexibility index (Phi) is 4.64. The summed E-state index contributed by atoms with van der Waals surface area (Å²) in [7, 11) is -0.260. The Hall–Kier alpha value is -1.57. The second-order valence-electron chi connectivity index (χ2n) is 4.08. The molecule has 0 amide bonds. The van der Waals surface area contributed by atoms with Crippen molar-refractivity contribution in [2.75, 3.05) is 18.9 Å². The zero-order chi connectivity index (χ0) is 14.6. The number of methoxy groups -OCH3 is 1. The molecule has 0 aliphatic heterocycles. The number of ether oxygens (including phenoxy) is 1. The van der Waals surface area contributed by atoms with Crippen molar-refractivity contribution in [2.24, 2.45) is 0 Å². The summed E-state index contributed by atoms with van der Waals surface area (Å²) in [5.74, 6) is 0.603. The van der Waals surface area contributed by atoms with Crippen LogP contribution in [-0.2, 0) is 16.6 Å². The number of anilines is 1. The Balaban J connectivity index is 2.28. The smallest absolute Gasteiger partial charge is 0.263 e. The number of thiophene rings is 1. The number of rotatable bonds is 6. The summed E-state index contributed by atoms with van der Waals surface area (Å²) in [5.41, 5.74) is 0.478. The molecule has 1 aromatic carbocycles. The van der Waals surface area contributed by atoms with Gasteiger partial charge in [-0.15, -0.1) is 11.3 Å². The summed E-state index contributed by atoms with van der Waals surface area (Å²) in [6.07, 6.45) is 0. The van der Waals surface area contributed by atoms with Crippen LogP contribution in [0.15, 0.2) is 40.6 Å².